The van der Waals surface area contributed by atoms with Crippen molar-refractivity contribution < 1.29 is 19.6 Å². The van der Waals surface area contributed by atoms with Crippen LogP contribution in [0.2, 0.25) is 0 Å². The summed E-state index contributed by atoms with van der Waals surface area (Å²) in [5, 5.41) is 18.5. The Hall–Kier alpha value is -2.18. The maximum atomic E-state index is 10.2. The highest BCUT2D eigenvalue weighted by atomic mass is 16.6. The van der Waals surface area contributed by atoms with Gasteiger partial charge < -0.3 is 20.0 Å². The zero-order valence-electron chi connectivity index (χ0n) is 6.91. The minimum absolute atomic E-state index is 0.179. The van der Waals surface area contributed by atoms with Crippen molar-refractivity contribution in [2.45, 2.75) is 0 Å². The van der Waals surface area contributed by atoms with E-state index in [4.69, 9.17) is 9.84 Å². The lowest BCUT2D eigenvalue weighted by Crippen LogP contribution is -2.09. The standard InChI is InChI=1S/C7H6N2O5/c10-7(11)4-14-5-1-2-6(8-3-5)9(12)13/h1-3H,4H2,(H,10,11). The van der Waals surface area contributed by atoms with Gasteiger partial charge in [-0.2, -0.15) is 0 Å². The van der Waals surface area contributed by atoms with E-state index in [0.717, 1.165) is 12.3 Å². The fourth-order valence-corrected chi connectivity index (χ4v) is 0.711. The number of aliphatic carboxylic acids is 1. The van der Waals surface area contributed by atoms with Crippen molar-refractivity contribution in [1.82, 2.24) is 4.98 Å². The molecule has 0 aliphatic carbocycles. The Morgan fingerprint density at radius 1 is 1.64 bits per heavy atom. The second kappa shape index (κ2) is 4.17. The van der Waals surface area contributed by atoms with Crippen LogP contribution in [-0.2, 0) is 4.79 Å². The lowest BCUT2D eigenvalue weighted by molar-refractivity contribution is -0.389. The summed E-state index contributed by atoms with van der Waals surface area (Å²) in [6.45, 7) is -0.501. The molecule has 7 heteroatoms. The molecule has 1 rings (SSSR count). The first-order chi connectivity index (χ1) is 6.59. The first kappa shape index (κ1) is 9.90. The average molecular weight is 198 g/mol. The van der Waals surface area contributed by atoms with Crippen molar-refractivity contribution in [2.75, 3.05) is 6.61 Å². The molecular weight excluding hydrogens is 192 g/mol. The number of hydrogen-bond acceptors (Lipinski definition) is 5. The monoisotopic (exact) mass is 198 g/mol. The van der Waals surface area contributed by atoms with Gasteiger partial charge in [0.1, 0.15) is 0 Å². The summed E-state index contributed by atoms with van der Waals surface area (Å²) in [6, 6.07) is 2.42. The molecule has 1 aromatic rings. The third-order valence-corrected chi connectivity index (χ3v) is 1.27. The van der Waals surface area contributed by atoms with Crippen LogP contribution in [-0.4, -0.2) is 27.6 Å². The summed E-state index contributed by atoms with van der Waals surface area (Å²) in [5.74, 6) is -1.26. The first-order valence-electron chi connectivity index (χ1n) is 3.54. The number of pyridine rings is 1. The first-order valence-corrected chi connectivity index (χ1v) is 3.54. The molecule has 0 atom stereocenters. The van der Waals surface area contributed by atoms with E-state index in [1.165, 1.54) is 6.07 Å². The van der Waals surface area contributed by atoms with Gasteiger partial charge >= 0.3 is 11.8 Å². The zero-order chi connectivity index (χ0) is 10.6. The number of rotatable bonds is 4. The molecule has 0 unspecified atom stereocenters. The Morgan fingerprint density at radius 2 is 2.36 bits per heavy atom. The summed E-state index contributed by atoms with van der Waals surface area (Å²) in [4.78, 5) is 23.1. The molecule has 0 bridgehead atoms. The van der Waals surface area contributed by atoms with E-state index in [9.17, 15) is 14.9 Å². The van der Waals surface area contributed by atoms with Gasteiger partial charge in [0.15, 0.2) is 18.6 Å². The molecule has 74 valence electrons. The third-order valence-electron chi connectivity index (χ3n) is 1.27. The van der Waals surface area contributed by atoms with E-state index in [0.29, 0.717) is 0 Å². The lowest BCUT2D eigenvalue weighted by atomic mass is 10.4. The van der Waals surface area contributed by atoms with E-state index in [2.05, 4.69) is 4.98 Å². The quantitative estimate of drug-likeness (QED) is 0.556. The summed E-state index contributed by atoms with van der Waals surface area (Å²) in [5.41, 5.74) is 0. The summed E-state index contributed by atoms with van der Waals surface area (Å²) in [6.07, 6.45) is 1.10. The number of carboxylic acid groups (broad SMARTS) is 1. The Morgan fingerprint density at radius 3 is 2.79 bits per heavy atom. The second-order valence-corrected chi connectivity index (χ2v) is 2.29. The fraction of sp³-hybridized carbons (Fsp3) is 0.143. The van der Waals surface area contributed by atoms with Crippen LogP contribution in [0.5, 0.6) is 5.75 Å². The molecular formula is C7H6N2O5. The predicted molar refractivity (Wildman–Crippen MR) is 44.0 cm³/mol. The van der Waals surface area contributed by atoms with Crippen LogP contribution >= 0.6 is 0 Å². The van der Waals surface area contributed by atoms with Crippen LogP contribution in [0.15, 0.2) is 18.3 Å². The van der Waals surface area contributed by atoms with Gasteiger partial charge in [0, 0.05) is 6.07 Å². The molecule has 0 aliphatic heterocycles. The molecule has 7 nitrogen and oxygen atoms in total. The molecule has 0 radical (unpaired) electrons. The van der Waals surface area contributed by atoms with Gasteiger partial charge in [0.05, 0.1) is 0 Å². The van der Waals surface area contributed by atoms with Crippen molar-refractivity contribution in [3.8, 4) is 5.75 Å². The highest BCUT2D eigenvalue weighted by Gasteiger charge is 2.07. The molecule has 0 fully saturated rings. The Kier molecular flexibility index (Phi) is 2.95. The fourth-order valence-electron chi connectivity index (χ4n) is 0.711. The van der Waals surface area contributed by atoms with Crippen LogP contribution in [0.25, 0.3) is 0 Å². The van der Waals surface area contributed by atoms with Crippen molar-refractivity contribution in [1.29, 1.82) is 0 Å². The maximum Gasteiger partial charge on any atom is 0.363 e. The van der Waals surface area contributed by atoms with Crippen molar-refractivity contribution >= 4 is 11.8 Å². The second-order valence-electron chi connectivity index (χ2n) is 2.29. The van der Waals surface area contributed by atoms with Crippen LogP contribution in [0.3, 0.4) is 0 Å². The molecule has 14 heavy (non-hydrogen) atoms. The summed E-state index contributed by atoms with van der Waals surface area (Å²) in [7, 11) is 0. The number of nitrogens with zero attached hydrogens (tertiary/aromatic N) is 2. The Labute approximate surface area is 78.1 Å². The van der Waals surface area contributed by atoms with Crippen LogP contribution < -0.4 is 4.74 Å². The summed E-state index contributed by atoms with van der Waals surface area (Å²) < 4.78 is 4.72. The van der Waals surface area contributed by atoms with Crippen LogP contribution in [0.1, 0.15) is 0 Å². The largest absolute Gasteiger partial charge is 0.479 e. The van der Waals surface area contributed by atoms with Gasteiger partial charge in [0.2, 0.25) is 0 Å². The molecule has 0 aliphatic rings. The van der Waals surface area contributed by atoms with Gasteiger partial charge in [-0.1, -0.05) is 0 Å². The SMILES string of the molecule is O=C(O)COc1ccc([N+](=O)[O-])nc1. The zero-order valence-corrected chi connectivity index (χ0v) is 6.91. The van der Waals surface area contributed by atoms with Gasteiger partial charge in [-0.3, -0.25) is 0 Å². The van der Waals surface area contributed by atoms with E-state index in [-0.39, 0.29) is 11.6 Å². The Bertz CT molecular complexity index is 348. The highest BCUT2D eigenvalue weighted by molar-refractivity contribution is 5.68. The highest BCUT2D eigenvalue weighted by Crippen LogP contribution is 2.13. The van der Waals surface area contributed by atoms with Gasteiger partial charge in [0.25, 0.3) is 0 Å². The van der Waals surface area contributed by atoms with E-state index < -0.39 is 17.5 Å². The normalized spacial score (nSPS) is 9.43. The smallest absolute Gasteiger partial charge is 0.363 e. The van der Waals surface area contributed by atoms with Crippen LogP contribution in [0, 0.1) is 10.1 Å². The Balaban J connectivity index is 2.64. The average Bonchev–Trinajstić information content (AvgIpc) is 2.15. The molecule has 1 N–H and O–H groups in total. The number of carboxylic acids is 1. The van der Waals surface area contributed by atoms with E-state index >= 15 is 0 Å². The minimum Gasteiger partial charge on any atom is -0.479 e. The molecule has 0 saturated carbocycles. The molecule has 0 aromatic carbocycles. The van der Waals surface area contributed by atoms with E-state index in [1.807, 2.05) is 0 Å². The van der Waals surface area contributed by atoms with Crippen LogP contribution in [0.4, 0.5) is 5.82 Å². The number of carbonyl (C=O) groups is 1. The molecule has 1 aromatic heterocycles. The van der Waals surface area contributed by atoms with Crippen molar-refractivity contribution in [3.63, 3.8) is 0 Å². The number of ether oxygens (including phenoxy) is 1. The lowest BCUT2D eigenvalue weighted by Gasteiger charge is -1.99. The summed E-state index contributed by atoms with van der Waals surface area (Å²) >= 11 is 0. The number of aromatic nitrogens is 1. The van der Waals surface area contributed by atoms with Gasteiger partial charge in [-0.25, -0.2) is 4.79 Å². The van der Waals surface area contributed by atoms with E-state index in [1.54, 1.807) is 0 Å². The predicted octanol–water partition coefficient (Wildman–Crippen LogP) is 0.453. The number of nitro groups is 1. The molecule has 0 saturated heterocycles. The molecule has 1 heterocycles. The topological polar surface area (TPSA) is 103 Å². The maximum absolute atomic E-state index is 10.2. The molecule has 0 amide bonds. The van der Waals surface area contributed by atoms with Crippen molar-refractivity contribution in [3.05, 3.63) is 28.4 Å². The van der Waals surface area contributed by atoms with Gasteiger partial charge in [-0.05, 0) is 16.0 Å². The van der Waals surface area contributed by atoms with Gasteiger partial charge in [-0.15, -0.1) is 0 Å². The number of hydrogen-bond donors (Lipinski definition) is 1. The molecule has 0 spiro atoms. The van der Waals surface area contributed by atoms with Crippen molar-refractivity contribution in [2.24, 2.45) is 0 Å². The minimum atomic E-state index is -1.12. The third kappa shape index (κ3) is 2.70.